The number of piperidine rings is 1. The number of benzene rings is 3. The van der Waals surface area contributed by atoms with Gasteiger partial charge in [-0.3, -0.25) is 9.69 Å². The van der Waals surface area contributed by atoms with Crippen molar-refractivity contribution >= 4 is 5.91 Å². The van der Waals surface area contributed by atoms with Gasteiger partial charge < -0.3 is 9.64 Å². The number of nitrogens with zero attached hydrogens (tertiary/aromatic N) is 2. The minimum Gasteiger partial charge on any atom is -0.489 e. The molecule has 5 heteroatoms. The van der Waals surface area contributed by atoms with Gasteiger partial charge in [0.2, 0.25) is 5.91 Å². The third-order valence-electron chi connectivity index (χ3n) is 7.33. The Morgan fingerprint density at radius 3 is 2.34 bits per heavy atom. The second kappa shape index (κ2) is 10.6. The first-order valence-electron chi connectivity index (χ1n) is 12.6. The lowest BCUT2D eigenvalue weighted by Crippen LogP contribution is -2.49. The lowest BCUT2D eigenvalue weighted by atomic mass is 9.87. The van der Waals surface area contributed by atoms with Gasteiger partial charge in [0.15, 0.2) is 0 Å². The van der Waals surface area contributed by atoms with Crippen LogP contribution in [-0.4, -0.2) is 47.6 Å². The fourth-order valence-electron chi connectivity index (χ4n) is 5.27. The highest BCUT2D eigenvalue weighted by Crippen LogP contribution is 2.34. The second-order valence-corrected chi connectivity index (χ2v) is 9.80. The second-order valence-electron chi connectivity index (χ2n) is 9.80. The van der Waals surface area contributed by atoms with Crippen LogP contribution in [0, 0.1) is 6.92 Å². The summed E-state index contributed by atoms with van der Waals surface area (Å²) in [4.78, 5) is 17.1. The van der Waals surface area contributed by atoms with Gasteiger partial charge in [-0.05, 0) is 55.1 Å². The van der Waals surface area contributed by atoms with E-state index < -0.39 is 6.17 Å². The Morgan fingerprint density at radius 2 is 1.63 bits per heavy atom. The molecule has 3 atom stereocenters. The van der Waals surface area contributed by atoms with Gasteiger partial charge in [0, 0.05) is 25.6 Å². The number of aryl methyl sites for hydroxylation is 1. The first-order valence-corrected chi connectivity index (χ1v) is 12.6. The maximum absolute atomic E-state index is 15.3. The number of carbonyl (C=O) groups is 1. The molecule has 0 aliphatic carbocycles. The lowest BCUT2D eigenvalue weighted by molar-refractivity contribution is -0.133. The number of amides is 1. The molecule has 1 amide bonds. The van der Waals surface area contributed by atoms with Crippen LogP contribution in [0.15, 0.2) is 78.9 Å². The van der Waals surface area contributed by atoms with Gasteiger partial charge in [0.1, 0.15) is 18.5 Å². The Hall–Kier alpha value is -3.18. The van der Waals surface area contributed by atoms with E-state index in [2.05, 4.69) is 36.1 Å². The van der Waals surface area contributed by atoms with Crippen LogP contribution in [0.3, 0.4) is 0 Å². The molecule has 0 N–H and O–H groups in total. The van der Waals surface area contributed by atoms with E-state index in [1.54, 1.807) is 0 Å². The van der Waals surface area contributed by atoms with Crippen LogP contribution in [0.25, 0.3) is 0 Å². The summed E-state index contributed by atoms with van der Waals surface area (Å²) < 4.78 is 21.2. The summed E-state index contributed by atoms with van der Waals surface area (Å²) in [6.07, 6.45) is 0.502. The van der Waals surface area contributed by atoms with E-state index in [4.69, 9.17) is 4.74 Å². The number of rotatable bonds is 7. The number of hydrogen-bond acceptors (Lipinski definition) is 3. The van der Waals surface area contributed by atoms with Gasteiger partial charge in [-0.2, -0.15) is 0 Å². The van der Waals surface area contributed by atoms with Gasteiger partial charge in [-0.15, -0.1) is 0 Å². The monoisotopic (exact) mass is 472 g/mol. The number of halogens is 1. The average molecular weight is 473 g/mol. The van der Waals surface area contributed by atoms with E-state index in [1.165, 1.54) is 5.56 Å². The molecule has 3 aromatic rings. The Morgan fingerprint density at radius 1 is 0.886 bits per heavy atom. The number of likely N-dealkylation sites (tertiary alicyclic amines) is 2. The third kappa shape index (κ3) is 5.57. The van der Waals surface area contributed by atoms with Crippen LogP contribution < -0.4 is 4.74 Å². The van der Waals surface area contributed by atoms with Gasteiger partial charge in [0.05, 0.1) is 6.04 Å². The molecule has 0 radical (unpaired) electrons. The van der Waals surface area contributed by atoms with E-state index in [0.29, 0.717) is 26.1 Å². The molecule has 4 nitrogen and oxygen atoms in total. The maximum Gasteiger partial charge on any atom is 0.240 e. The van der Waals surface area contributed by atoms with Crippen LogP contribution in [0.5, 0.6) is 5.75 Å². The molecule has 2 aliphatic heterocycles. The van der Waals surface area contributed by atoms with Crippen molar-refractivity contribution in [2.24, 2.45) is 0 Å². The van der Waals surface area contributed by atoms with Crippen molar-refractivity contribution in [3.63, 3.8) is 0 Å². The highest BCUT2D eigenvalue weighted by atomic mass is 19.1. The van der Waals surface area contributed by atoms with Crippen molar-refractivity contribution < 1.29 is 13.9 Å². The van der Waals surface area contributed by atoms with Crippen molar-refractivity contribution in [2.75, 3.05) is 19.6 Å². The summed E-state index contributed by atoms with van der Waals surface area (Å²) in [6.45, 7) is 4.99. The molecule has 0 saturated carbocycles. The summed E-state index contributed by atoms with van der Waals surface area (Å²) in [5.74, 6) is 0.779. The van der Waals surface area contributed by atoms with E-state index >= 15 is 4.39 Å². The highest BCUT2D eigenvalue weighted by Gasteiger charge is 2.40. The molecule has 3 aromatic carbocycles. The third-order valence-corrected chi connectivity index (χ3v) is 7.33. The fourth-order valence-corrected chi connectivity index (χ4v) is 5.27. The van der Waals surface area contributed by atoms with E-state index in [-0.39, 0.29) is 17.9 Å². The summed E-state index contributed by atoms with van der Waals surface area (Å²) >= 11 is 0. The Kier molecular flexibility index (Phi) is 7.14. The SMILES string of the molecule is Cc1ccc(CN2CCC(N3CC[C@H](c4ccc(OCc5ccccc5)cc4)[C@@H](F)C3)C2=O)cc1. The van der Waals surface area contributed by atoms with Gasteiger partial charge >= 0.3 is 0 Å². The molecule has 1 unspecified atom stereocenters. The van der Waals surface area contributed by atoms with Gasteiger partial charge in [-0.25, -0.2) is 4.39 Å². The number of carbonyl (C=O) groups excluding carboxylic acids is 1. The van der Waals surface area contributed by atoms with Crippen molar-refractivity contribution in [1.29, 1.82) is 0 Å². The van der Waals surface area contributed by atoms with Crippen molar-refractivity contribution in [3.05, 3.63) is 101 Å². The fraction of sp³-hybridized carbons (Fsp3) is 0.367. The number of ether oxygens (including phenoxy) is 1. The van der Waals surface area contributed by atoms with E-state index in [1.807, 2.05) is 59.5 Å². The summed E-state index contributed by atoms with van der Waals surface area (Å²) in [7, 11) is 0. The zero-order chi connectivity index (χ0) is 24.2. The van der Waals surface area contributed by atoms with Crippen LogP contribution in [0.2, 0.25) is 0 Å². The molecule has 0 bridgehead atoms. The summed E-state index contributed by atoms with van der Waals surface area (Å²) in [6, 6.07) is 26.0. The number of alkyl halides is 1. The molecular formula is C30H33FN2O2. The molecule has 182 valence electrons. The maximum atomic E-state index is 15.3. The largest absolute Gasteiger partial charge is 0.489 e. The molecule has 2 heterocycles. The first-order chi connectivity index (χ1) is 17.1. The molecule has 5 rings (SSSR count). The summed E-state index contributed by atoms with van der Waals surface area (Å²) in [5.41, 5.74) is 4.48. The standard InChI is InChI=1S/C30H33FN2O2/c1-22-7-9-23(10-8-22)19-33-18-16-29(30(33)34)32-17-15-27(28(31)20-32)25-11-13-26(14-12-25)35-21-24-5-3-2-4-6-24/h2-14,27-29H,15-21H2,1H3/t27-,28+,29?/m1/s1. The molecule has 0 spiro atoms. The zero-order valence-electron chi connectivity index (χ0n) is 20.3. The summed E-state index contributed by atoms with van der Waals surface area (Å²) in [5, 5.41) is 0. The highest BCUT2D eigenvalue weighted by molar-refractivity contribution is 5.84. The van der Waals surface area contributed by atoms with Gasteiger partial charge in [-0.1, -0.05) is 72.3 Å². The Labute approximate surface area is 207 Å². The normalized spacial score (nSPS) is 23.0. The van der Waals surface area contributed by atoms with Crippen LogP contribution in [0.4, 0.5) is 4.39 Å². The van der Waals surface area contributed by atoms with Crippen LogP contribution in [0.1, 0.15) is 41.0 Å². The van der Waals surface area contributed by atoms with Crippen LogP contribution >= 0.6 is 0 Å². The predicted molar refractivity (Wildman–Crippen MR) is 136 cm³/mol. The minimum atomic E-state index is -0.987. The minimum absolute atomic E-state index is 0.135. The Bertz CT molecular complexity index is 1120. The van der Waals surface area contributed by atoms with Crippen molar-refractivity contribution in [2.45, 2.75) is 51.0 Å². The molecule has 2 fully saturated rings. The Balaban J connectivity index is 1.14. The van der Waals surface area contributed by atoms with Crippen LogP contribution in [-0.2, 0) is 17.9 Å². The van der Waals surface area contributed by atoms with E-state index in [0.717, 1.165) is 42.0 Å². The van der Waals surface area contributed by atoms with Crippen molar-refractivity contribution in [3.8, 4) is 5.75 Å². The smallest absolute Gasteiger partial charge is 0.240 e. The van der Waals surface area contributed by atoms with Gasteiger partial charge in [0.25, 0.3) is 0 Å². The van der Waals surface area contributed by atoms with Crippen molar-refractivity contribution in [1.82, 2.24) is 9.80 Å². The van der Waals surface area contributed by atoms with E-state index in [9.17, 15) is 4.79 Å². The first kappa shape index (κ1) is 23.6. The zero-order valence-corrected chi connectivity index (χ0v) is 20.3. The predicted octanol–water partition coefficient (Wildman–Crippen LogP) is 5.50. The quantitative estimate of drug-likeness (QED) is 0.455. The average Bonchev–Trinajstić information content (AvgIpc) is 3.25. The molecule has 2 aliphatic rings. The molecule has 0 aromatic heterocycles. The molecular weight excluding hydrogens is 439 g/mol. The molecule has 2 saturated heterocycles. The molecule has 35 heavy (non-hydrogen) atoms. The topological polar surface area (TPSA) is 32.8 Å². The number of hydrogen-bond donors (Lipinski definition) is 0. The lowest BCUT2D eigenvalue weighted by Gasteiger charge is -2.37.